The van der Waals surface area contributed by atoms with Crippen molar-refractivity contribution >= 4 is 50.2 Å². The number of aryl methyl sites for hydroxylation is 1. The third kappa shape index (κ3) is 7.24. The first-order valence-corrected chi connectivity index (χ1v) is 11.2. The quantitative estimate of drug-likeness (QED) is 0.485. The smallest absolute Gasteiger partial charge is 0.233 e. The van der Waals surface area contributed by atoms with E-state index in [0.29, 0.717) is 5.13 Å². The van der Waals surface area contributed by atoms with Crippen LogP contribution < -0.4 is 10.0 Å². The summed E-state index contributed by atoms with van der Waals surface area (Å²) in [4.78, 5) is 11.8. The number of aromatic nitrogens is 2. The Bertz CT molecular complexity index is 861. The van der Waals surface area contributed by atoms with Crippen molar-refractivity contribution in [2.24, 2.45) is 0 Å². The lowest BCUT2D eigenvalue weighted by Crippen LogP contribution is -2.26. The second kappa shape index (κ2) is 9.81. The van der Waals surface area contributed by atoms with Crippen LogP contribution in [0.4, 0.5) is 5.13 Å². The van der Waals surface area contributed by atoms with Gasteiger partial charge in [0, 0.05) is 18.4 Å². The number of rotatable bonds is 9. The fourth-order valence-corrected chi connectivity index (χ4v) is 4.31. The Balaban J connectivity index is 1.77. The first kappa shape index (κ1) is 20.6. The van der Waals surface area contributed by atoms with Crippen LogP contribution in [0, 0.1) is 6.92 Å². The molecule has 7 nitrogen and oxygen atoms in total. The highest BCUT2D eigenvalue weighted by molar-refractivity contribution is 8.01. The molecule has 0 aliphatic carbocycles. The molecule has 0 atom stereocenters. The number of hydrogen-bond acceptors (Lipinski definition) is 7. The van der Waals surface area contributed by atoms with Crippen molar-refractivity contribution in [3.63, 3.8) is 0 Å². The van der Waals surface area contributed by atoms with Gasteiger partial charge in [-0.1, -0.05) is 59.9 Å². The summed E-state index contributed by atoms with van der Waals surface area (Å²) >= 11 is 2.83. The number of thioether (sulfide) groups is 1. The largest absolute Gasteiger partial charge is 0.300 e. The van der Waals surface area contributed by atoms with Crippen LogP contribution >= 0.6 is 23.1 Å². The predicted octanol–water partition coefficient (Wildman–Crippen LogP) is 2.88. The Morgan fingerprint density at radius 2 is 2.00 bits per heavy atom. The van der Waals surface area contributed by atoms with E-state index in [1.54, 1.807) is 11.8 Å². The molecule has 1 aromatic heterocycles. The van der Waals surface area contributed by atoms with E-state index in [-0.39, 0.29) is 18.9 Å². The number of hydrogen-bond donors (Lipinski definition) is 2. The van der Waals surface area contributed by atoms with Gasteiger partial charge in [-0.2, -0.15) is 0 Å². The number of nitrogens with zero attached hydrogens (tertiary/aromatic N) is 2. The van der Waals surface area contributed by atoms with Crippen molar-refractivity contribution in [3.8, 4) is 0 Å². The molecule has 10 heteroatoms. The molecule has 26 heavy (non-hydrogen) atoms. The van der Waals surface area contributed by atoms with E-state index >= 15 is 0 Å². The Labute approximate surface area is 161 Å². The lowest BCUT2D eigenvalue weighted by atomic mass is 10.2. The summed E-state index contributed by atoms with van der Waals surface area (Å²) < 4.78 is 27.0. The molecule has 1 heterocycles. The SMILES string of the molecule is CCSc1nnc(NC(=O)CCNS(=O)(=O)C=Cc2ccc(C)cc2)s1. The van der Waals surface area contributed by atoms with Crippen LogP contribution in [-0.2, 0) is 14.8 Å². The molecule has 0 fully saturated rings. The van der Waals surface area contributed by atoms with Gasteiger partial charge < -0.3 is 5.32 Å². The minimum absolute atomic E-state index is 0.00176. The molecule has 0 saturated carbocycles. The van der Waals surface area contributed by atoms with Crippen molar-refractivity contribution < 1.29 is 13.2 Å². The minimum Gasteiger partial charge on any atom is -0.300 e. The van der Waals surface area contributed by atoms with Gasteiger partial charge in [0.2, 0.25) is 21.1 Å². The molecule has 0 aliphatic rings. The van der Waals surface area contributed by atoms with Gasteiger partial charge >= 0.3 is 0 Å². The second-order valence-electron chi connectivity index (χ2n) is 5.26. The fraction of sp³-hybridized carbons (Fsp3) is 0.312. The van der Waals surface area contributed by atoms with E-state index in [1.165, 1.54) is 17.4 Å². The van der Waals surface area contributed by atoms with Crippen LogP contribution in [0.1, 0.15) is 24.5 Å². The predicted molar refractivity (Wildman–Crippen MR) is 107 cm³/mol. The molecule has 2 rings (SSSR count). The van der Waals surface area contributed by atoms with Crippen molar-refractivity contribution in [1.82, 2.24) is 14.9 Å². The monoisotopic (exact) mass is 412 g/mol. The van der Waals surface area contributed by atoms with Gasteiger partial charge in [-0.15, -0.1) is 10.2 Å². The van der Waals surface area contributed by atoms with E-state index < -0.39 is 10.0 Å². The topological polar surface area (TPSA) is 101 Å². The molecule has 2 N–H and O–H groups in total. The average molecular weight is 413 g/mol. The van der Waals surface area contributed by atoms with Crippen LogP contribution in [0.5, 0.6) is 0 Å². The van der Waals surface area contributed by atoms with Crippen molar-refractivity contribution in [2.75, 3.05) is 17.6 Å². The number of sulfonamides is 1. The summed E-state index contributed by atoms with van der Waals surface area (Å²) in [6.07, 6.45) is 1.52. The Kier molecular flexibility index (Phi) is 7.76. The van der Waals surface area contributed by atoms with Gasteiger partial charge in [-0.05, 0) is 24.3 Å². The van der Waals surface area contributed by atoms with Crippen molar-refractivity contribution in [2.45, 2.75) is 24.6 Å². The summed E-state index contributed by atoms with van der Waals surface area (Å²) in [5.74, 6) is 0.555. The van der Waals surface area contributed by atoms with Crippen LogP contribution in [0.15, 0.2) is 34.0 Å². The van der Waals surface area contributed by atoms with Gasteiger partial charge in [0.25, 0.3) is 0 Å². The molecule has 0 spiro atoms. The highest BCUT2D eigenvalue weighted by atomic mass is 32.2. The normalized spacial score (nSPS) is 11.8. The first-order chi connectivity index (χ1) is 12.4. The van der Waals surface area contributed by atoms with Gasteiger partial charge in [-0.25, -0.2) is 13.1 Å². The summed E-state index contributed by atoms with van der Waals surface area (Å²) in [5.41, 5.74) is 1.89. The molecule has 2 aromatic rings. The summed E-state index contributed by atoms with van der Waals surface area (Å²) in [6, 6.07) is 7.48. The number of carbonyl (C=O) groups is 1. The molecule has 1 aromatic carbocycles. The number of carbonyl (C=O) groups excluding carboxylic acids is 1. The van der Waals surface area contributed by atoms with Crippen LogP contribution in [0.3, 0.4) is 0 Å². The molecule has 0 radical (unpaired) electrons. The summed E-state index contributed by atoms with van der Waals surface area (Å²) in [5, 5.41) is 11.9. The summed E-state index contributed by atoms with van der Waals surface area (Å²) in [7, 11) is -3.60. The molecule has 0 saturated heterocycles. The number of nitrogens with one attached hydrogen (secondary N) is 2. The first-order valence-electron chi connectivity index (χ1n) is 7.88. The zero-order valence-electron chi connectivity index (χ0n) is 14.4. The van der Waals surface area contributed by atoms with Gasteiger partial charge in [0.1, 0.15) is 0 Å². The lowest BCUT2D eigenvalue weighted by molar-refractivity contribution is -0.116. The maximum absolute atomic E-state index is 11.9. The maximum Gasteiger partial charge on any atom is 0.233 e. The Morgan fingerprint density at radius 1 is 1.27 bits per heavy atom. The van der Waals surface area contributed by atoms with Gasteiger partial charge in [0.15, 0.2) is 4.34 Å². The van der Waals surface area contributed by atoms with Gasteiger partial charge in [-0.3, -0.25) is 4.79 Å². The van der Waals surface area contributed by atoms with E-state index in [4.69, 9.17) is 0 Å². The third-order valence-electron chi connectivity index (χ3n) is 3.09. The van der Waals surface area contributed by atoms with Crippen LogP contribution in [0.2, 0.25) is 0 Å². The second-order valence-corrected chi connectivity index (χ2v) is 9.40. The molecule has 140 valence electrons. The fourth-order valence-electron chi connectivity index (χ4n) is 1.82. The van der Waals surface area contributed by atoms with Crippen molar-refractivity contribution in [3.05, 3.63) is 40.8 Å². The molecule has 0 aliphatic heterocycles. The average Bonchev–Trinajstić information content (AvgIpc) is 3.01. The highest BCUT2D eigenvalue weighted by Gasteiger charge is 2.10. The zero-order chi connectivity index (χ0) is 19.0. The number of anilines is 1. The third-order valence-corrected chi connectivity index (χ3v) is 6.05. The van der Waals surface area contributed by atoms with Crippen LogP contribution in [0.25, 0.3) is 6.08 Å². The van der Waals surface area contributed by atoms with Crippen molar-refractivity contribution in [1.29, 1.82) is 0 Å². The van der Waals surface area contributed by atoms with E-state index in [9.17, 15) is 13.2 Å². The maximum atomic E-state index is 11.9. The lowest BCUT2D eigenvalue weighted by Gasteiger charge is -2.03. The van der Waals surface area contributed by atoms with E-state index in [1.807, 2.05) is 38.1 Å². The standard InChI is InChI=1S/C16H20N4O3S3/c1-3-24-16-20-19-15(25-16)18-14(21)8-10-17-26(22,23)11-9-13-6-4-12(2)5-7-13/h4-7,9,11,17H,3,8,10H2,1-2H3,(H,18,19,21). The Hall–Kier alpha value is -1.75. The molecular weight excluding hydrogens is 392 g/mol. The molecular formula is C16H20N4O3S3. The molecule has 0 bridgehead atoms. The zero-order valence-corrected chi connectivity index (χ0v) is 16.9. The Morgan fingerprint density at radius 3 is 2.69 bits per heavy atom. The van der Waals surface area contributed by atoms with E-state index in [0.717, 1.165) is 26.6 Å². The number of benzene rings is 1. The highest BCUT2D eigenvalue weighted by Crippen LogP contribution is 2.24. The number of amides is 1. The minimum atomic E-state index is -3.60. The molecule has 1 amide bonds. The molecule has 0 unspecified atom stereocenters. The van der Waals surface area contributed by atoms with E-state index in [2.05, 4.69) is 20.2 Å². The van der Waals surface area contributed by atoms with Gasteiger partial charge in [0.05, 0.1) is 0 Å². The van der Waals surface area contributed by atoms with Crippen LogP contribution in [-0.4, -0.2) is 36.8 Å². The summed E-state index contributed by atoms with van der Waals surface area (Å²) in [6.45, 7) is 3.97.